The molecule has 2 rings (SSSR count). The van der Waals surface area contributed by atoms with Gasteiger partial charge in [-0.3, -0.25) is 0 Å². The van der Waals surface area contributed by atoms with Gasteiger partial charge in [0, 0.05) is 24.2 Å². The summed E-state index contributed by atoms with van der Waals surface area (Å²) in [5.74, 6) is 3.19. The number of aryl methyl sites for hydroxylation is 1. The van der Waals surface area contributed by atoms with E-state index in [1.807, 2.05) is 18.2 Å². The first-order chi connectivity index (χ1) is 10.2. The van der Waals surface area contributed by atoms with Gasteiger partial charge in [0.25, 0.3) is 0 Å². The molecule has 2 aromatic rings. The Morgan fingerprint density at radius 1 is 1.10 bits per heavy atom. The van der Waals surface area contributed by atoms with Crippen molar-refractivity contribution >= 4 is 17.3 Å². The first-order valence-corrected chi connectivity index (χ1v) is 6.78. The molecule has 0 bridgehead atoms. The van der Waals surface area contributed by atoms with E-state index in [4.69, 9.17) is 15.2 Å². The molecular formula is C15H20N4O2. The Morgan fingerprint density at radius 2 is 1.86 bits per heavy atom. The maximum absolute atomic E-state index is 5.81. The number of hydrogen-bond acceptors (Lipinski definition) is 6. The van der Waals surface area contributed by atoms with Crippen LogP contribution in [0.25, 0.3) is 0 Å². The smallest absolute Gasteiger partial charge is 0.162 e. The molecule has 0 saturated carbocycles. The summed E-state index contributed by atoms with van der Waals surface area (Å²) in [4.78, 5) is 8.65. The minimum Gasteiger partial charge on any atom is -0.493 e. The van der Waals surface area contributed by atoms with Crippen LogP contribution >= 0.6 is 0 Å². The molecular weight excluding hydrogens is 268 g/mol. The Balaban J connectivity index is 2.25. The molecule has 21 heavy (non-hydrogen) atoms. The van der Waals surface area contributed by atoms with Crippen LogP contribution in [0.5, 0.6) is 11.5 Å². The lowest BCUT2D eigenvalue weighted by Crippen LogP contribution is -2.03. The van der Waals surface area contributed by atoms with Gasteiger partial charge in [-0.15, -0.1) is 0 Å². The van der Waals surface area contributed by atoms with Crippen LogP contribution in [-0.4, -0.2) is 24.2 Å². The van der Waals surface area contributed by atoms with E-state index in [-0.39, 0.29) is 0 Å². The predicted octanol–water partition coefficient (Wildman–Crippen LogP) is 2.77. The third-order valence-corrected chi connectivity index (χ3v) is 2.92. The molecule has 3 N–H and O–H groups in total. The Bertz CT molecular complexity index is 617. The molecule has 0 unspecified atom stereocenters. The highest BCUT2D eigenvalue weighted by atomic mass is 16.5. The molecule has 1 aromatic heterocycles. The number of nitrogens with zero attached hydrogens (tertiary/aromatic N) is 2. The fraction of sp³-hybridized carbons (Fsp3) is 0.333. The van der Waals surface area contributed by atoms with E-state index in [9.17, 15) is 0 Å². The molecule has 0 saturated heterocycles. The number of anilines is 3. The summed E-state index contributed by atoms with van der Waals surface area (Å²) in [6, 6.07) is 7.27. The lowest BCUT2D eigenvalue weighted by atomic mass is 10.2. The summed E-state index contributed by atoms with van der Waals surface area (Å²) < 4.78 is 10.5. The highest BCUT2D eigenvalue weighted by Crippen LogP contribution is 2.30. The van der Waals surface area contributed by atoms with Gasteiger partial charge in [-0.1, -0.05) is 6.92 Å². The van der Waals surface area contributed by atoms with Gasteiger partial charge in [0.15, 0.2) is 11.5 Å². The van der Waals surface area contributed by atoms with Crippen molar-refractivity contribution in [3.05, 3.63) is 30.1 Å². The van der Waals surface area contributed by atoms with Crippen molar-refractivity contribution in [1.29, 1.82) is 0 Å². The van der Waals surface area contributed by atoms with Gasteiger partial charge in [0.1, 0.15) is 17.5 Å². The summed E-state index contributed by atoms with van der Waals surface area (Å²) in [7, 11) is 3.21. The number of rotatable bonds is 6. The third kappa shape index (κ3) is 3.75. The average molecular weight is 288 g/mol. The van der Waals surface area contributed by atoms with Crippen LogP contribution in [0.15, 0.2) is 24.3 Å². The fourth-order valence-corrected chi connectivity index (χ4v) is 1.98. The van der Waals surface area contributed by atoms with Crippen molar-refractivity contribution in [3.8, 4) is 11.5 Å². The van der Waals surface area contributed by atoms with Crippen molar-refractivity contribution in [3.63, 3.8) is 0 Å². The molecule has 1 aromatic carbocycles. The van der Waals surface area contributed by atoms with E-state index in [2.05, 4.69) is 22.2 Å². The second-order valence-corrected chi connectivity index (χ2v) is 4.54. The lowest BCUT2D eigenvalue weighted by Gasteiger charge is -2.11. The molecule has 0 spiro atoms. The highest BCUT2D eigenvalue weighted by Gasteiger charge is 2.07. The Morgan fingerprint density at radius 3 is 2.52 bits per heavy atom. The maximum atomic E-state index is 5.81. The van der Waals surface area contributed by atoms with Gasteiger partial charge in [0.05, 0.1) is 14.2 Å². The molecule has 0 aliphatic rings. The monoisotopic (exact) mass is 288 g/mol. The number of hydrogen-bond donors (Lipinski definition) is 2. The second kappa shape index (κ2) is 6.78. The zero-order chi connectivity index (χ0) is 15.2. The topological polar surface area (TPSA) is 82.3 Å². The first-order valence-electron chi connectivity index (χ1n) is 6.78. The molecule has 0 radical (unpaired) electrons. The second-order valence-electron chi connectivity index (χ2n) is 4.54. The SMILES string of the molecule is CCCc1nc(N)cc(Nc2ccc(OC)c(OC)c2)n1. The van der Waals surface area contributed by atoms with E-state index in [1.54, 1.807) is 20.3 Å². The lowest BCUT2D eigenvalue weighted by molar-refractivity contribution is 0.355. The number of nitrogen functional groups attached to an aromatic ring is 1. The predicted molar refractivity (Wildman–Crippen MR) is 83.3 cm³/mol. The molecule has 0 aliphatic heterocycles. The van der Waals surface area contributed by atoms with E-state index in [0.29, 0.717) is 23.1 Å². The molecule has 6 heteroatoms. The first kappa shape index (κ1) is 14.9. The summed E-state index contributed by atoms with van der Waals surface area (Å²) in [5, 5.41) is 3.20. The standard InChI is InChI=1S/C15H20N4O2/c1-4-5-14-18-13(16)9-15(19-14)17-10-6-7-11(20-2)12(8-10)21-3/h6-9H,4-5H2,1-3H3,(H3,16,17,18,19). The van der Waals surface area contributed by atoms with Gasteiger partial charge in [0.2, 0.25) is 0 Å². The van der Waals surface area contributed by atoms with Gasteiger partial charge >= 0.3 is 0 Å². The number of benzene rings is 1. The van der Waals surface area contributed by atoms with Gasteiger partial charge in [-0.05, 0) is 18.6 Å². The summed E-state index contributed by atoms with van der Waals surface area (Å²) >= 11 is 0. The summed E-state index contributed by atoms with van der Waals surface area (Å²) in [6.45, 7) is 2.08. The molecule has 0 fully saturated rings. The van der Waals surface area contributed by atoms with Crippen molar-refractivity contribution in [2.24, 2.45) is 0 Å². The number of nitrogens with one attached hydrogen (secondary N) is 1. The quantitative estimate of drug-likeness (QED) is 0.850. The zero-order valence-corrected chi connectivity index (χ0v) is 12.5. The van der Waals surface area contributed by atoms with Crippen molar-refractivity contribution in [2.75, 3.05) is 25.3 Å². The largest absolute Gasteiger partial charge is 0.493 e. The van der Waals surface area contributed by atoms with Crippen molar-refractivity contribution in [2.45, 2.75) is 19.8 Å². The van der Waals surface area contributed by atoms with Crippen LogP contribution in [-0.2, 0) is 6.42 Å². The van der Waals surface area contributed by atoms with Gasteiger partial charge in [-0.2, -0.15) is 0 Å². The number of methoxy groups -OCH3 is 2. The van der Waals surface area contributed by atoms with Crippen LogP contribution in [0, 0.1) is 0 Å². The number of nitrogens with two attached hydrogens (primary N) is 1. The maximum Gasteiger partial charge on any atom is 0.162 e. The number of aromatic nitrogens is 2. The molecule has 0 aliphatic carbocycles. The van der Waals surface area contributed by atoms with Crippen LogP contribution in [0.1, 0.15) is 19.2 Å². The molecule has 6 nitrogen and oxygen atoms in total. The average Bonchev–Trinajstić information content (AvgIpc) is 2.46. The van der Waals surface area contributed by atoms with Crippen LogP contribution in [0.3, 0.4) is 0 Å². The summed E-state index contributed by atoms with van der Waals surface area (Å²) in [5.41, 5.74) is 6.65. The van der Waals surface area contributed by atoms with Crippen molar-refractivity contribution in [1.82, 2.24) is 9.97 Å². The van der Waals surface area contributed by atoms with Crippen LogP contribution < -0.4 is 20.5 Å². The molecule has 112 valence electrons. The minimum absolute atomic E-state index is 0.455. The van der Waals surface area contributed by atoms with Crippen LogP contribution in [0.2, 0.25) is 0 Å². The number of ether oxygens (including phenoxy) is 2. The Hall–Kier alpha value is -2.50. The van der Waals surface area contributed by atoms with E-state index >= 15 is 0 Å². The van der Waals surface area contributed by atoms with E-state index in [1.165, 1.54) is 0 Å². The van der Waals surface area contributed by atoms with E-state index < -0.39 is 0 Å². The minimum atomic E-state index is 0.455. The molecule has 1 heterocycles. The third-order valence-electron chi connectivity index (χ3n) is 2.92. The Kier molecular flexibility index (Phi) is 4.81. The molecule has 0 atom stereocenters. The van der Waals surface area contributed by atoms with Crippen LogP contribution in [0.4, 0.5) is 17.3 Å². The van der Waals surface area contributed by atoms with Gasteiger partial charge in [-0.25, -0.2) is 9.97 Å². The summed E-state index contributed by atoms with van der Waals surface area (Å²) in [6.07, 6.45) is 1.77. The van der Waals surface area contributed by atoms with E-state index in [0.717, 1.165) is 24.4 Å². The Labute approximate surface area is 124 Å². The normalized spacial score (nSPS) is 10.2. The van der Waals surface area contributed by atoms with Gasteiger partial charge < -0.3 is 20.5 Å². The van der Waals surface area contributed by atoms with Crippen molar-refractivity contribution < 1.29 is 9.47 Å². The fourth-order valence-electron chi connectivity index (χ4n) is 1.98. The molecule has 0 amide bonds. The highest BCUT2D eigenvalue weighted by molar-refractivity contribution is 5.62. The zero-order valence-electron chi connectivity index (χ0n) is 12.5.